The fourth-order valence-electron chi connectivity index (χ4n) is 1.08. The number of hydrogen-bond donors (Lipinski definition) is 0. The van der Waals surface area contributed by atoms with Gasteiger partial charge >= 0.3 is 0 Å². The van der Waals surface area contributed by atoms with E-state index in [4.69, 9.17) is 5.26 Å². The van der Waals surface area contributed by atoms with Gasteiger partial charge in [0.25, 0.3) is 0 Å². The van der Waals surface area contributed by atoms with Crippen LogP contribution in [0.2, 0.25) is 0 Å². The predicted octanol–water partition coefficient (Wildman–Crippen LogP) is 3.42. The lowest BCUT2D eigenvalue weighted by atomic mass is 10.00. The molecule has 0 N–H and O–H groups in total. The van der Waals surface area contributed by atoms with Crippen molar-refractivity contribution >= 4 is 5.78 Å². The summed E-state index contributed by atoms with van der Waals surface area (Å²) in [4.78, 5) is 11.5. The quantitative estimate of drug-likeness (QED) is 0.691. The Morgan fingerprint density at radius 1 is 1.33 bits per heavy atom. The number of nitriles is 1. The second-order valence-electron chi connectivity index (χ2n) is 3.21. The summed E-state index contributed by atoms with van der Waals surface area (Å²) in [6.45, 7) is 7.70. The normalized spacial score (nSPS) is 8.80. The van der Waals surface area contributed by atoms with Crippen molar-refractivity contribution in [2.45, 2.75) is 27.7 Å². The highest BCUT2D eigenvalue weighted by Crippen LogP contribution is 2.09. The molecule has 2 nitrogen and oxygen atoms in total. The second-order valence-corrected chi connectivity index (χ2v) is 3.21. The standard InChI is InChI=1S/C11H11NO.C2H6/c1-8(2)11(13)10-5-3-4-9(6-10)7-12;1-2/h3-6,8H,1-2H3;1-2H3. The lowest BCUT2D eigenvalue weighted by Crippen LogP contribution is -2.07. The van der Waals surface area contributed by atoms with E-state index in [-0.39, 0.29) is 11.7 Å². The smallest absolute Gasteiger partial charge is 0.165 e. The van der Waals surface area contributed by atoms with Crippen molar-refractivity contribution in [1.29, 1.82) is 5.26 Å². The minimum Gasteiger partial charge on any atom is -0.294 e. The van der Waals surface area contributed by atoms with Crippen LogP contribution in [0.5, 0.6) is 0 Å². The van der Waals surface area contributed by atoms with Crippen LogP contribution in [0.3, 0.4) is 0 Å². The number of rotatable bonds is 2. The van der Waals surface area contributed by atoms with E-state index >= 15 is 0 Å². The zero-order valence-corrected chi connectivity index (χ0v) is 9.74. The summed E-state index contributed by atoms with van der Waals surface area (Å²) in [5.74, 6) is 0.0612. The fourth-order valence-corrected chi connectivity index (χ4v) is 1.08. The summed E-state index contributed by atoms with van der Waals surface area (Å²) in [5.41, 5.74) is 1.15. The average Bonchev–Trinajstić information content (AvgIpc) is 2.30. The fraction of sp³-hybridized carbons (Fsp3) is 0.385. The van der Waals surface area contributed by atoms with Gasteiger partial charge in [-0.15, -0.1) is 0 Å². The van der Waals surface area contributed by atoms with Crippen LogP contribution in [0.1, 0.15) is 43.6 Å². The third-order valence-electron chi connectivity index (χ3n) is 1.80. The maximum Gasteiger partial charge on any atom is 0.165 e. The molecule has 0 radical (unpaired) electrons. The van der Waals surface area contributed by atoms with Crippen LogP contribution in [0, 0.1) is 17.2 Å². The van der Waals surface area contributed by atoms with Crippen LogP contribution in [0.15, 0.2) is 24.3 Å². The molecule has 0 fully saturated rings. The zero-order valence-electron chi connectivity index (χ0n) is 9.74. The summed E-state index contributed by atoms with van der Waals surface area (Å²) in [6, 6.07) is 8.80. The molecule has 0 unspecified atom stereocenters. The van der Waals surface area contributed by atoms with Gasteiger partial charge in [-0.2, -0.15) is 5.26 Å². The molecule has 2 heteroatoms. The summed E-state index contributed by atoms with van der Waals surface area (Å²) in [5, 5.41) is 8.62. The van der Waals surface area contributed by atoms with Crippen molar-refractivity contribution < 1.29 is 4.79 Å². The Hall–Kier alpha value is -1.62. The highest BCUT2D eigenvalue weighted by Gasteiger charge is 2.09. The Kier molecular flexibility index (Phi) is 6.05. The van der Waals surface area contributed by atoms with E-state index < -0.39 is 0 Å². The Labute approximate surface area is 91.5 Å². The average molecular weight is 203 g/mol. The number of hydrogen-bond acceptors (Lipinski definition) is 2. The van der Waals surface area contributed by atoms with E-state index in [0.717, 1.165) is 0 Å². The number of benzene rings is 1. The molecule has 0 atom stereocenters. The van der Waals surface area contributed by atoms with Gasteiger partial charge in [-0.25, -0.2) is 0 Å². The minimum absolute atomic E-state index is 0.0195. The van der Waals surface area contributed by atoms with Crippen molar-refractivity contribution in [2.24, 2.45) is 5.92 Å². The SMILES string of the molecule is CC.CC(C)C(=O)c1cccc(C#N)c1. The molecule has 1 rings (SSSR count). The third kappa shape index (κ3) is 3.95. The van der Waals surface area contributed by atoms with Crippen molar-refractivity contribution in [3.05, 3.63) is 35.4 Å². The van der Waals surface area contributed by atoms with Gasteiger partial charge in [0, 0.05) is 11.5 Å². The van der Waals surface area contributed by atoms with Gasteiger partial charge < -0.3 is 0 Å². The van der Waals surface area contributed by atoms with Crippen LogP contribution in [-0.2, 0) is 0 Å². The van der Waals surface area contributed by atoms with Gasteiger partial charge in [0.2, 0.25) is 0 Å². The molecule has 0 aliphatic rings. The van der Waals surface area contributed by atoms with E-state index in [1.165, 1.54) is 0 Å². The number of carbonyl (C=O) groups is 1. The van der Waals surface area contributed by atoms with Gasteiger partial charge in [0.15, 0.2) is 5.78 Å². The zero-order chi connectivity index (χ0) is 11.8. The maximum atomic E-state index is 11.5. The molecule has 0 aliphatic carbocycles. The van der Waals surface area contributed by atoms with Crippen LogP contribution in [-0.4, -0.2) is 5.78 Å². The first-order valence-corrected chi connectivity index (χ1v) is 5.19. The molecule has 0 saturated carbocycles. The highest BCUT2D eigenvalue weighted by atomic mass is 16.1. The van der Waals surface area contributed by atoms with E-state index in [1.807, 2.05) is 33.8 Å². The molecule has 0 aliphatic heterocycles. The molecule has 0 saturated heterocycles. The molecule has 80 valence electrons. The molecule has 15 heavy (non-hydrogen) atoms. The van der Waals surface area contributed by atoms with Crippen molar-refractivity contribution in [2.75, 3.05) is 0 Å². The maximum absolute atomic E-state index is 11.5. The first-order valence-electron chi connectivity index (χ1n) is 5.19. The summed E-state index contributed by atoms with van der Waals surface area (Å²) < 4.78 is 0. The number of ketones is 1. The first-order chi connectivity index (χ1) is 7.15. The van der Waals surface area contributed by atoms with Crippen LogP contribution >= 0.6 is 0 Å². The number of nitrogens with zero attached hydrogens (tertiary/aromatic N) is 1. The first kappa shape index (κ1) is 13.4. The predicted molar refractivity (Wildman–Crippen MR) is 61.7 cm³/mol. The van der Waals surface area contributed by atoms with Gasteiger partial charge in [0.1, 0.15) is 0 Å². The summed E-state index contributed by atoms with van der Waals surface area (Å²) in [6.07, 6.45) is 0. The van der Waals surface area contributed by atoms with Crippen molar-refractivity contribution in [1.82, 2.24) is 0 Å². The van der Waals surface area contributed by atoms with E-state index in [9.17, 15) is 4.79 Å². The Morgan fingerprint density at radius 3 is 2.40 bits per heavy atom. The molecule has 1 aromatic rings. The lowest BCUT2D eigenvalue weighted by molar-refractivity contribution is 0.0939. The van der Waals surface area contributed by atoms with Crippen LogP contribution in [0.4, 0.5) is 0 Å². The highest BCUT2D eigenvalue weighted by molar-refractivity contribution is 5.97. The molecule has 1 aromatic carbocycles. The third-order valence-corrected chi connectivity index (χ3v) is 1.80. The number of carbonyl (C=O) groups excluding carboxylic acids is 1. The minimum atomic E-state index is -0.0195. The number of Topliss-reactive ketones (excluding diaryl/α,β-unsaturated/α-hetero) is 1. The van der Waals surface area contributed by atoms with Crippen molar-refractivity contribution in [3.63, 3.8) is 0 Å². The second kappa shape index (κ2) is 6.78. The van der Waals surface area contributed by atoms with Crippen LogP contribution in [0.25, 0.3) is 0 Å². The summed E-state index contributed by atoms with van der Waals surface area (Å²) in [7, 11) is 0. The Balaban J connectivity index is 0.000000921. The molecule has 0 heterocycles. The van der Waals surface area contributed by atoms with Gasteiger partial charge in [-0.3, -0.25) is 4.79 Å². The largest absolute Gasteiger partial charge is 0.294 e. The lowest BCUT2D eigenvalue weighted by Gasteiger charge is -2.03. The van der Waals surface area contributed by atoms with Crippen LogP contribution < -0.4 is 0 Å². The molecular formula is C13H17NO. The van der Waals surface area contributed by atoms with E-state index in [1.54, 1.807) is 24.3 Å². The van der Waals surface area contributed by atoms with E-state index in [2.05, 4.69) is 0 Å². The molecular weight excluding hydrogens is 186 g/mol. The van der Waals surface area contributed by atoms with Gasteiger partial charge in [-0.1, -0.05) is 39.8 Å². The van der Waals surface area contributed by atoms with E-state index in [0.29, 0.717) is 11.1 Å². The monoisotopic (exact) mass is 203 g/mol. The molecule has 0 aromatic heterocycles. The van der Waals surface area contributed by atoms with Crippen molar-refractivity contribution in [3.8, 4) is 6.07 Å². The molecule has 0 spiro atoms. The Morgan fingerprint density at radius 2 is 1.93 bits per heavy atom. The molecule has 0 bridgehead atoms. The van der Waals surface area contributed by atoms with Gasteiger partial charge in [0.05, 0.1) is 11.6 Å². The Bertz CT molecular complexity index is 361. The topological polar surface area (TPSA) is 40.9 Å². The van der Waals surface area contributed by atoms with Gasteiger partial charge in [-0.05, 0) is 12.1 Å². The molecule has 0 amide bonds. The summed E-state index contributed by atoms with van der Waals surface area (Å²) >= 11 is 0.